The van der Waals surface area contributed by atoms with Gasteiger partial charge >= 0.3 is 0 Å². The van der Waals surface area contributed by atoms with Crippen LogP contribution in [0.25, 0.3) is 0 Å². The molecule has 33 heavy (non-hydrogen) atoms. The number of primary amides is 1. The number of hydrogen-bond donors (Lipinski definition) is 2. The summed E-state index contributed by atoms with van der Waals surface area (Å²) in [5.41, 5.74) is 7.32. The summed E-state index contributed by atoms with van der Waals surface area (Å²) in [6, 6.07) is 5.98. The Morgan fingerprint density at radius 2 is 1.70 bits per heavy atom. The lowest BCUT2D eigenvalue weighted by Gasteiger charge is -2.34. The van der Waals surface area contributed by atoms with Gasteiger partial charge < -0.3 is 11.1 Å². The number of carbonyl (C=O) groups is 2. The van der Waals surface area contributed by atoms with E-state index in [9.17, 15) is 18.0 Å². The molecule has 1 aliphatic carbocycles. The second-order valence-corrected chi connectivity index (χ2v) is 12.7. The topological polar surface area (TPSA) is 110 Å². The van der Waals surface area contributed by atoms with E-state index in [2.05, 4.69) is 26.1 Å². The molecule has 0 spiro atoms. The Balaban J connectivity index is 1.53. The van der Waals surface area contributed by atoms with E-state index >= 15 is 0 Å². The van der Waals surface area contributed by atoms with E-state index in [1.165, 1.54) is 39.9 Å². The summed E-state index contributed by atoms with van der Waals surface area (Å²) in [7, 11) is -3.61. The molecule has 9 heteroatoms. The summed E-state index contributed by atoms with van der Waals surface area (Å²) in [6.07, 6.45) is 3.66. The molecule has 3 atom stereocenters. The van der Waals surface area contributed by atoms with Gasteiger partial charge in [0.1, 0.15) is 5.00 Å². The van der Waals surface area contributed by atoms with Crippen molar-refractivity contribution >= 4 is 38.2 Å². The van der Waals surface area contributed by atoms with E-state index in [0.29, 0.717) is 47.0 Å². The van der Waals surface area contributed by atoms with E-state index in [1.807, 2.05) is 0 Å². The maximum Gasteiger partial charge on any atom is 0.256 e. The Kier molecular flexibility index (Phi) is 6.66. The van der Waals surface area contributed by atoms with Crippen LogP contribution >= 0.6 is 11.3 Å². The molecule has 4 rings (SSSR count). The minimum Gasteiger partial charge on any atom is -0.365 e. The van der Waals surface area contributed by atoms with Gasteiger partial charge in [0.15, 0.2) is 0 Å². The minimum atomic E-state index is -3.61. The van der Waals surface area contributed by atoms with E-state index in [0.717, 1.165) is 36.1 Å². The first kappa shape index (κ1) is 23.9. The molecule has 2 aliphatic rings. The van der Waals surface area contributed by atoms with Crippen LogP contribution in [-0.4, -0.2) is 37.6 Å². The van der Waals surface area contributed by atoms with Gasteiger partial charge in [0.25, 0.3) is 11.8 Å². The van der Waals surface area contributed by atoms with Crippen LogP contribution in [-0.2, 0) is 22.9 Å². The number of nitrogens with two attached hydrogens (primary N) is 1. The van der Waals surface area contributed by atoms with Gasteiger partial charge in [0.05, 0.1) is 10.5 Å². The van der Waals surface area contributed by atoms with Crippen LogP contribution in [0, 0.1) is 17.8 Å². The SMILES string of the molecule is C[C@H]1CCc2c(sc(NC(=O)c3ccc(S(=O)(=O)N4C[C@@H](C)C[C@H](C)C4)cc3)c2C(N)=O)C1. The number of anilines is 1. The molecule has 0 unspecified atom stereocenters. The molecule has 178 valence electrons. The second-order valence-electron chi connectivity index (χ2n) is 9.67. The predicted octanol–water partition coefficient (Wildman–Crippen LogP) is 3.89. The van der Waals surface area contributed by atoms with E-state index in [1.54, 1.807) is 0 Å². The van der Waals surface area contributed by atoms with Gasteiger partial charge in [-0.15, -0.1) is 11.3 Å². The zero-order valence-corrected chi connectivity index (χ0v) is 20.9. The van der Waals surface area contributed by atoms with Crippen molar-refractivity contribution in [2.45, 2.75) is 51.3 Å². The van der Waals surface area contributed by atoms with Crippen molar-refractivity contribution in [2.24, 2.45) is 23.5 Å². The Morgan fingerprint density at radius 3 is 2.30 bits per heavy atom. The number of fused-ring (bicyclic) bond motifs is 1. The summed E-state index contributed by atoms with van der Waals surface area (Å²) >= 11 is 1.41. The van der Waals surface area contributed by atoms with Crippen LogP contribution < -0.4 is 11.1 Å². The second kappa shape index (κ2) is 9.19. The summed E-state index contributed by atoms with van der Waals surface area (Å²) < 4.78 is 27.7. The predicted molar refractivity (Wildman–Crippen MR) is 130 cm³/mol. The summed E-state index contributed by atoms with van der Waals surface area (Å²) in [4.78, 5) is 26.3. The first-order chi connectivity index (χ1) is 15.6. The molecule has 7 nitrogen and oxygen atoms in total. The third kappa shape index (κ3) is 4.85. The number of nitrogens with one attached hydrogen (secondary N) is 1. The quantitative estimate of drug-likeness (QED) is 0.664. The lowest BCUT2D eigenvalue weighted by atomic mass is 9.88. The van der Waals surface area contributed by atoms with Gasteiger partial charge in [-0.2, -0.15) is 4.31 Å². The van der Waals surface area contributed by atoms with Crippen LogP contribution in [0.15, 0.2) is 29.2 Å². The largest absolute Gasteiger partial charge is 0.365 e. The molecule has 0 radical (unpaired) electrons. The first-order valence-electron chi connectivity index (χ1n) is 11.4. The number of benzene rings is 1. The number of nitrogens with zero attached hydrogens (tertiary/aromatic N) is 1. The fraction of sp³-hybridized carbons (Fsp3) is 0.500. The normalized spacial score (nSPS) is 23.7. The molecule has 2 heterocycles. The van der Waals surface area contributed by atoms with Crippen molar-refractivity contribution in [3.63, 3.8) is 0 Å². The van der Waals surface area contributed by atoms with Gasteiger partial charge in [0.2, 0.25) is 10.0 Å². The molecule has 1 aliphatic heterocycles. The monoisotopic (exact) mass is 489 g/mol. The van der Waals surface area contributed by atoms with Gasteiger partial charge in [0, 0.05) is 23.5 Å². The van der Waals surface area contributed by atoms with Gasteiger partial charge in [-0.25, -0.2) is 8.42 Å². The maximum absolute atomic E-state index is 13.1. The number of piperidine rings is 1. The average molecular weight is 490 g/mol. The molecule has 1 aromatic carbocycles. The molecule has 2 amide bonds. The van der Waals surface area contributed by atoms with E-state index in [4.69, 9.17) is 5.73 Å². The number of carbonyl (C=O) groups excluding carboxylic acids is 2. The number of thiophene rings is 1. The molecular weight excluding hydrogens is 458 g/mol. The molecule has 1 fully saturated rings. The zero-order chi connectivity index (χ0) is 23.9. The fourth-order valence-electron chi connectivity index (χ4n) is 5.00. The Labute approximate surface area is 199 Å². The standard InChI is InChI=1S/C24H31N3O4S2/c1-14-4-9-19-20(11-14)32-24(21(19)22(25)28)26-23(29)17-5-7-18(8-6-17)33(30,31)27-12-15(2)10-16(3)13-27/h5-8,14-16H,4,9-13H2,1-3H3,(H2,25,28)(H,26,29)/t14-,15-,16-/m0/s1. The van der Waals surface area contributed by atoms with Gasteiger partial charge in [-0.3, -0.25) is 9.59 Å². The van der Waals surface area contributed by atoms with Crippen molar-refractivity contribution in [3.8, 4) is 0 Å². The smallest absolute Gasteiger partial charge is 0.256 e. The third-order valence-corrected chi connectivity index (χ3v) is 9.59. The summed E-state index contributed by atoms with van der Waals surface area (Å²) in [5.74, 6) is 0.221. The molecule has 0 bridgehead atoms. The first-order valence-corrected chi connectivity index (χ1v) is 13.7. The summed E-state index contributed by atoms with van der Waals surface area (Å²) in [6.45, 7) is 7.31. The summed E-state index contributed by atoms with van der Waals surface area (Å²) in [5, 5.41) is 3.30. The van der Waals surface area contributed by atoms with Crippen molar-refractivity contribution in [1.82, 2.24) is 4.31 Å². The number of sulfonamides is 1. The maximum atomic E-state index is 13.1. The molecular formula is C24H31N3O4S2. The molecule has 2 aromatic rings. The third-order valence-electron chi connectivity index (χ3n) is 6.57. The molecule has 0 saturated carbocycles. The van der Waals surface area contributed by atoms with Crippen LogP contribution in [0.5, 0.6) is 0 Å². The minimum absolute atomic E-state index is 0.179. The Bertz CT molecular complexity index is 1160. The van der Waals surface area contributed by atoms with Crippen molar-refractivity contribution in [3.05, 3.63) is 45.8 Å². The number of amides is 2. The van der Waals surface area contributed by atoms with Crippen LogP contribution in [0.4, 0.5) is 5.00 Å². The lowest BCUT2D eigenvalue weighted by molar-refractivity contribution is 0.1000. The Morgan fingerprint density at radius 1 is 1.06 bits per heavy atom. The van der Waals surface area contributed by atoms with Gasteiger partial charge in [-0.05, 0) is 73.3 Å². The lowest BCUT2D eigenvalue weighted by Crippen LogP contribution is -2.42. The van der Waals surface area contributed by atoms with Crippen molar-refractivity contribution in [1.29, 1.82) is 0 Å². The van der Waals surface area contributed by atoms with Crippen molar-refractivity contribution in [2.75, 3.05) is 18.4 Å². The van der Waals surface area contributed by atoms with Crippen LogP contribution in [0.1, 0.15) is 64.8 Å². The fourth-order valence-corrected chi connectivity index (χ4v) is 8.09. The highest BCUT2D eigenvalue weighted by Crippen LogP contribution is 2.39. The Hall–Kier alpha value is -2.23. The molecule has 1 aromatic heterocycles. The highest BCUT2D eigenvalue weighted by Gasteiger charge is 2.32. The highest BCUT2D eigenvalue weighted by atomic mass is 32.2. The van der Waals surface area contributed by atoms with Gasteiger partial charge in [-0.1, -0.05) is 20.8 Å². The number of rotatable bonds is 5. The van der Waals surface area contributed by atoms with E-state index < -0.39 is 21.8 Å². The van der Waals surface area contributed by atoms with E-state index in [-0.39, 0.29) is 4.90 Å². The molecule has 3 N–H and O–H groups in total. The molecule has 1 saturated heterocycles. The van der Waals surface area contributed by atoms with Crippen LogP contribution in [0.2, 0.25) is 0 Å². The van der Waals surface area contributed by atoms with Crippen LogP contribution in [0.3, 0.4) is 0 Å². The van der Waals surface area contributed by atoms with Crippen molar-refractivity contribution < 1.29 is 18.0 Å². The highest BCUT2D eigenvalue weighted by molar-refractivity contribution is 7.89. The number of hydrogen-bond acceptors (Lipinski definition) is 5. The zero-order valence-electron chi connectivity index (χ0n) is 19.3. The average Bonchev–Trinajstić information content (AvgIpc) is 3.10.